The Labute approximate surface area is 147 Å². The predicted molar refractivity (Wildman–Crippen MR) is 91.6 cm³/mol. The van der Waals surface area contributed by atoms with Crippen LogP contribution in [0.1, 0.15) is 25.7 Å². The van der Waals surface area contributed by atoms with E-state index in [0.717, 1.165) is 19.3 Å². The summed E-state index contributed by atoms with van der Waals surface area (Å²) in [4.78, 5) is 12.4. The van der Waals surface area contributed by atoms with E-state index in [1.165, 1.54) is 37.8 Å². The van der Waals surface area contributed by atoms with Gasteiger partial charge in [0.05, 0.1) is 18.6 Å². The van der Waals surface area contributed by atoms with Crippen LogP contribution in [0.15, 0.2) is 29.2 Å². The van der Waals surface area contributed by atoms with Gasteiger partial charge >= 0.3 is 0 Å². The van der Waals surface area contributed by atoms with Gasteiger partial charge in [0, 0.05) is 6.04 Å². The Balaban J connectivity index is 1.64. The van der Waals surface area contributed by atoms with E-state index in [2.05, 4.69) is 10.0 Å². The molecule has 138 valence electrons. The van der Waals surface area contributed by atoms with E-state index in [9.17, 15) is 18.3 Å². The zero-order valence-electron chi connectivity index (χ0n) is 14.1. The Hall–Kier alpha value is -1.64. The molecule has 0 radical (unpaired) electrons. The zero-order chi connectivity index (χ0) is 18.0. The highest BCUT2D eigenvalue weighted by Gasteiger charge is 2.41. The molecule has 0 saturated heterocycles. The van der Waals surface area contributed by atoms with Crippen LogP contribution in [0.2, 0.25) is 0 Å². The van der Waals surface area contributed by atoms with E-state index in [-0.39, 0.29) is 10.9 Å². The molecule has 7 nitrogen and oxygen atoms in total. The first-order valence-electron chi connectivity index (χ1n) is 8.50. The Morgan fingerprint density at radius 2 is 2.00 bits per heavy atom. The highest BCUT2D eigenvalue weighted by molar-refractivity contribution is 7.89. The Kier molecular flexibility index (Phi) is 5.31. The summed E-state index contributed by atoms with van der Waals surface area (Å²) in [6.45, 7) is -0.595. The second kappa shape index (κ2) is 7.31. The third-order valence-corrected chi connectivity index (χ3v) is 6.72. The van der Waals surface area contributed by atoms with E-state index < -0.39 is 28.6 Å². The smallest absolute Gasteiger partial charge is 0.241 e. The molecule has 1 amide bonds. The van der Waals surface area contributed by atoms with Gasteiger partial charge in [0.25, 0.3) is 0 Å². The first-order chi connectivity index (χ1) is 11.9. The van der Waals surface area contributed by atoms with Crippen LogP contribution in [-0.2, 0) is 14.8 Å². The molecule has 1 aromatic rings. The molecule has 2 bridgehead atoms. The topological polar surface area (TPSA) is 105 Å². The molecule has 1 aromatic carbocycles. The van der Waals surface area contributed by atoms with Crippen LogP contribution in [0.3, 0.4) is 0 Å². The lowest BCUT2D eigenvalue weighted by Gasteiger charge is -2.25. The van der Waals surface area contributed by atoms with Gasteiger partial charge < -0.3 is 15.2 Å². The van der Waals surface area contributed by atoms with Crippen LogP contribution in [0.25, 0.3) is 0 Å². The van der Waals surface area contributed by atoms with Crippen molar-refractivity contribution in [3.8, 4) is 5.75 Å². The van der Waals surface area contributed by atoms with Crippen LogP contribution in [0.4, 0.5) is 0 Å². The van der Waals surface area contributed by atoms with Gasteiger partial charge in [-0.05, 0) is 55.4 Å². The number of nitrogens with one attached hydrogen (secondary N) is 2. The normalized spacial score (nSPS) is 26.4. The van der Waals surface area contributed by atoms with Crippen LogP contribution >= 0.6 is 0 Å². The quantitative estimate of drug-likeness (QED) is 0.655. The number of ether oxygens (including phenoxy) is 1. The summed E-state index contributed by atoms with van der Waals surface area (Å²) in [5, 5.41) is 12.4. The molecule has 2 aliphatic carbocycles. The number of rotatable bonds is 7. The third kappa shape index (κ3) is 3.96. The molecule has 0 spiro atoms. The lowest BCUT2D eigenvalue weighted by molar-refractivity contribution is -0.124. The molecule has 4 unspecified atom stereocenters. The van der Waals surface area contributed by atoms with E-state index in [1.54, 1.807) is 0 Å². The molecule has 0 aromatic heterocycles. The molecular weight excluding hydrogens is 344 g/mol. The fourth-order valence-electron chi connectivity index (χ4n) is 3.89. The van der Waals surface area contributed by atoms with Gasteiger partial charge in [-0.15, -0.1) is 0 Å². The first kappa shape index (κ1) is 18.2. The lowest BCUT2D eigenvalue weighted by atomic mass is 9.95. The number of carbonyl (C=O) groups is 1. The average molecular weight is 368 g/mol. The average Bonchev–Trinajstić information content (AvgIpc) is 3.22. The monoisotopic (exact) mass is 368 g/mol. The van der Waals surface area contributed by atoms with Gasteiger partial charge in [-0.2, -0.15) is 4.72 Å². The largest absolute Gasteiger partial charge is 0.497 e. The second-order valence-electron chi connectivity index (χ2n) is 6.82. The zero-order valence-corrected chi connectivity index (χ0v) is 15.0. The molecule has 2 fully saturated rings. The Morgan fingerprint density at radius 1 is 1.28 bits per heavy atom. The minimum absolute atomic E-state index is 0.0134. The highest BCUT2D eigenvalue weighted by Crippen LogP contribution is 2.44. The molecule has 25 heavy (non-hydrogen) atoms. The summed E-state index contributed by atoms with van der Waals surface area (Å²) in [7, 11) is -2.42. The molecule has 3 rings (SSSR count). The fraction of sp³-hybridized carbons (Fsp3) is 0.588. The van der Waals surface area contributed by atoms with Crippen molar-refractivity contribution in [3.05, 3.63) is 24.3 Å². The highest BCUT2D eigenvalue weighted by atomic mass is 32.2. The van der Waals surface area contributed by atoms with Crippen LogP contribution in [-0.4, -0.2) is 45.2 Å². The second-order valence-corrected chi connectivity index (χ2v) is 8.54. The maximum Gasteiger partial charge on any atom is 0.241 e. The fourth-order valence-corrected chi connectivity index (χ4v) is 5.08. The molecule has 0 aliphatic heterocycles. The number of aliphatic hydroxyl groups excluding tert-OH is 1. The molecule has 2 aliphatic rings. The summed E-state index contributed by atoms with van der Waals surface area (Å²) in [5.41, 5.74) is 0. The minimum atomic E-state index is -3.91. The maximum absolute atomic E-state index is 12.4. The van der Waals surface area contributed by atoms with Crippen molar-refractivity contribution >= 4 is 15.9 Å². The number of carbonyl (C=O) groups excluding carboxylic acids is 1. The van der Waals surface area contributed by atoms with Crippen molar-refractivity contribution in [3.63, 3.8) is 0 Å². The summed E-state index contributed by atoms with van der Waals surface area (Å²) in [6.07, 6.45) is 4.40. The first-order valence-corrected chi connectivity index (χ1v) is 9.99. The van der Waals surface area contributed by atoms with Crippen molar-refractivity contribution in [2.45, 2.75) is 42.7 Å². The van der Waals surface area contributed by atoms with E-state index in [4.69, 9.17) is 4.74 Å². The van der Waals surface area contributed by atoms with Gasteiger partial charge in [-0.1, -0.05) is 6.42 Å². The predicted octanol–water partition coefficient (Wildman–Crippen LogP) is 0.639. The molecule has 4 atom stereocenters. The van der Waals surface area contributed by atoms with Crippen LogP contribution < -0.4 is 14.8 Å². The summed E-state index contributed by atoms with van der Waals surface area (Å²) < 4.78 is 32.1. The molecule has 8 heteroatoms. The van der Waals surface area contributed by atoms with Gasteiger partial charge in [0.15, 0.2) is 0 Å². The van der Waals surface area contributed by atoms with Gasteiger partial charge in [-0.3, -0.25) is 4.79 Å². The standard InChI is InChI=1S/C17H24N2O5S/c1-24-13-4-6-14(7-5-13)25(22,23)19-16(10-20)17(21)18-15-9-11-2-3-12(15)8-11/h4-7,11-12,15-16,19-20H,2-3,8-10H2,1H3,(H,18,21). The summed E-state index contributed by atoms with van der Waals surface area (Å²) in [6, 6.07) is 4.72. The van der Waals surface area contributed by atoms with Crippen molar-refractivity contribution in [1.82, 2.24) is 10.0 Å². The summed E-state index contributed by atoms with van der Waals surface area (Å²) in [5.74, 6) is 1.20. The van der Waals surface area contributed by atoms with E-state index in [1.807, 2.05) is 0 Å². The number of aliphatic hydroxyl groups is 1. The van der Waals surface area contributed by atoms with Crippen molar-refractivity contribution in [2.24, 2.45) is 11.8 Å². The number of methoxy groups -OCH3 is 1. The number of benzene rings is 1. The SMILES string of the molecule is COc1ccc(S(=O)(=O)NC(CO)C(=O)NC2CC3CCC2C3)cc1. The molecule has 0 heterocycles. The van der Waals surface area contributed by atoms with Crippen LogP contribution in [0, 0.1) is 11.8 Å². The molecule has 3 N–H and O–H groups in total. The molecule has 2 saturated carbocycles. The van der Waals surface area contributed by atoms with Crippen molar-refractivity contribution in [1.29, 1.82) is 0 Å². The van der Waals surface area contributed by atoms with Gasteiger partial charge in [0.2, 0.25) is 15.9 Å². The van der Waals surface area contributed by atoms with Gasteiger partial charge in [0.1, 0.15) is 11.8 Å². The van der Waals surface area contributed by atoms with Gasteiger partial charge in [-0.25, -0.2) is 8.42 Å². The minimum Gasteiger partial charge on any atom is -0.497 e. The summed E-state index contributed by atoms with van der Waals surface area (Å²) >= 11 is 0. The number of hydrogen-bond acceptors (Lipinski definition) is 5. The van der Waals surface area contributed by atoms with Crippen molar-refractivity contribution in [2.75, 3.05) is 13.7 Å². The maximum atomic E-state index is 12.4. The number of hydrogen-bond donors (Lipinski definition) is 3. The van der Waals surface area contributed by atoms with Crippen LogP contribution in [0.5, 0.6) is 5.75 Å². The van der Waals surface area contributed by atoms with Crippen molar-refractivity contribution < 1.29 is 23.1 Å². The third-order valence-electron chi connectivity index (χ3n) is 5.23. The van der Waals surface area contributed by atoms with E-state index in [0.29, 0.717) is 17.6 Å². The van der Waals surface area contributed by atoms with E-state index >= 15 is 0 Å². The number of sulfonamides is 1. The number of amides is 1. The Morgan fingerprint density at radius 3 is 2.52 bits per heavy atom. The molecular formula is C17H24N2O5S. The lowest BCUT2D eigenvalue weighted by Crippen LogP contribution is -2.52. The number of fused-ring (bicyclic) bond motifs is 2. The Bertz CT molecular complexity index is 719.